The molecule has 1 aromatic heterocycles. The van der Waals surface area contributed by atoms with Crippen LogP contribution >= 0.6 is 11.3 Å². The Bertz CT molecular complexity index is 995. The molecule has 1 aliphatic heterocycles. The minimum atomic E-state index is -1.21. The van der Waals surface area contributed by atoms with Gasteiger partial charge in [0.25, 0.3) is 0 Å². The Morgan fingerprint density at radius 2 is 1.91 bits per heavy atom. The lowest BCUT2D eigenvalue weighted by Crippen LogP contribution is -2.45. The maximum absolute atomic E-state index is 13.2. The Kier molecular flexibility index (Phi) is 8.45. The predicted octanol–water partition coefficient (Wildman–Crippen LogP) is 5.12. The number of cyclic esters (lactones) is 1. The normalized spacial score (nSPS) is 37.9. The van der Waals surface area contributed by atoms with Gasteiger partial charge in [0.2, 0.25) is 0 Å². The van der Waals surface area contributed by atoms with Crippen LogP contribution in [0.3, 0.4) is 0 Å². The molecule has 0 unspecified atom stereocenters. The molecule has 0 saturated heterocycles. The molecule has 0 spiro atoms. The van der Waals surface area contributed by atoms with E-state index in [2.05, 4.69) is 18.0 Å². The number of hydrogen-bond donors (Lipinski definition) is 2. The van der Waals surface area contributed by atoms with Crippen molar-refractivity contribution in [2.24, 2.45) is 28.6 Å². The third kappa shape index (κ3) is 6.49. The first-order valence-corrected chi connectivity index (χ1v) is 13.5. The minimum Gasteiger partial charge on any atom is -0.458 e. The zero-order chi connectivity index (χ0) is 26.1. The molecule has 1 fully saturated rings. The number of rotatable bonds is 2. The average molecular weight is 504 g/mol. The zero-order valence-corrected chi connectivity index (χ0v) is 22.9. The van der Waals surface area contributed by atoms with Gasteiger partial charge >= 0.3 is 5.97 Å². The zero-order valence-electron chi connectivity index (χ0n) is 22.1. The third-order valence-electron chi connectivity index (χ3n) is 8.15. The number of fused-ring (bicyclic) bond motifs is 1. The number of thiazole rings is 1. The van der Waals surface area contributed by atoms with Crippen LogP contribution in [-0.2, 0) is 14.3 Å². The highest BCUT2D eigenvalue weighted by Gasteiger charge is 2.50. The second kappa shape index (κ2) is 10.7. The first-order valence-electron chi connectivity index (χ1n) is 12.6. The summed E-state index contributed by atoms with van der Waals surface area (Å²) in [4.78, 5) is 30.7. The van der Waals surface area contributed by atoms with Crippen LogP contribution in [0.5, 0.6) is 0 Å². The first-order chi connectivity index (χ1) is 16.2. The van der Waals surface area contributed by atoms with E-state index >= 15 is 0 Å². The molecule has 3 rings (SSSR count). The van der Waals surface area contributed by atoms with Crippen LogP contribution in [-0.4, -0.2) is 45.3 Å². The van der Waals surface area contributed by atoms with Crippen molar-refractivity contribution in [3.05, 3.63) is 33.8 Å². The van der Waals surface area contributed by atoms with Crippen molar-refractivity contribution in [2.45, 2.75) is 92.5 Å². The molecule has 1 aliphatic carbocycles. The van der Waals surface area contributed by atoms with E-state index in [1.807, 2.05) is 38.3 Å². The summed E-state index contributed by atoms with van der Waals surface area (Å²) in [5, 5.41) is 24.6. The van der Waals surface area contributed by atoms with Crippen molar-refractivity contribution in [3.8, 4) is 0 Å². The number of ketones is 1. The summed E-state index contributed by atoms with van der Waals surface area (Å²) in [6.45, 7) is 13.0. The molecule has 2 N–H and O–H groups in total. The maximum Gasteiger partial charge on any atom is 0.309 e. The lowest BCUT2D eigenvalue weighted by molar-refractivity contribution is -0.154. The number of hydrogen-bond acceptors (Lipinski definition) is 7. The fourth-order valence-corrected chi connectivity index (χ4v) is 5.70. The smallest absolute Gasteiger partial charge is 0.309 e. The Labute approximate surface area is 213 Å². The second-order valence-electron chi connectivity index (χ2n) is 11.5. The number of carbonyl (C=O) groups excluding carboxylic acids is 2. The highest BCUT2D eigenvalue weighted by Crippen LogP contribution is 2.58. The van der Waals surface area contributed by atoms with Gasteiger partial charge < -0.3 is 14.9 Å². The fourth-order valence-electron chi connectivity index (χ4n) is 5.13. The minimum absolute atomic E-state index is 0.114. The van der Waals surface area contributed by atoms with E-state index in [1.165, 1.54) is 0 Å². The monoisotopic (exact) mass is 503 g/mol. The van der Waals surface area contributed by atoms with Gasteiger partial charge in [-0.25, -0.2) is 4.98 Å². The van der Waals surface area contributed by atoms with E-state index in [-0.39, 0.29) is 23.5 Å². The van der Waals surface area contributed by atoms with Crippen molar-refractivity contribution in [1.29, 1.82) is 0 Å². The number of nitrogens with zero attached hydrogens (tertiary/aromatic N) is 1. The van der Waals surface area contributed by atoms with Crippen LogP contribution in [0.15, 0.2) is 23.1 Å². The van der Waals surface area contributed by atoms with Crippen LogP contribution in [0.25, 0.3) is 6.08 Å². The van der Waals surface area contributed by atoms with Gasteiger partial charge in [-0.2, -0.15) is 0 Å². The molecule has 194 valence electrons. The van der Waals surface area contributed by atoms with Gasteiger partial charge in [-0.3, -0.25) is 9.59 Å². The summed E-state index contributed by atoms with van der Waals surface area (Å²) in [7, 11) is 0. The molecule has 7 heteroatoms. The fraction of sp³-hybridized carbons (Fsp3) is 0.679. The molecule has 0 radical (unpaired) electrons. The SMILES string of the molecule is C/C(=C\c1csc(C)n1)[C@@H]1C[C@@H]2C[C@]2(C)C/C=C/[C@H](C)[C@H](O)[C@@H](C)C(=O)C(C)(C)[C@@H](O)CC(=O)O1. The van der Waals surface area contributed by atoms with Crippen molar-refractivity contribution >= 4 is 29.2 Å². The predicted molar refractivity (Wildman–Crippen MR) is 139 cm³/mol. The molecule has 1 aromatic rings. The Hall–Kier alpha value is -1.83. The van der Waals surface area contributed by atoms with Gasteiger partial charge in [0.1, 0.15) is 11.9 Å². The van der Waals surface area contributed by atoms with E-state index in [1.54, 1.807) is 32.1 Å². The van der Waals surface area contributed by atoms with Crippen LogP contribution in [0.2, 0.25) is 0 Å². The van der Waals surface area contributed by atoms with Crippen LogP contribution in [0.1, 0.15) is 77.9 Å². The van der Waals surface area contributed by atoms with Gasteiger partial charge in [0.15, 0.2) is 0 Å². The molecule has 7 atom stereocenters. The number of carbonyl (C=O) groups is 2. The van der Waals surface area contributed by atoms with Gasteiger partial charge in [0, 0.05) is 17.2 Å². The van der Waals surface area contributed by atoms with E-state index in [9.17, 15) is 19.8 Å². The third-order valence-corrected chi connectivity index (χ3v) is 8.94. The summed E-state index contributed by atoms with van der Waals surface area (Å²) in [5.74, 6) is -1.26. The van der Waals surface area contributed by atoms with Crippen LogP contribution in [0, 0.1) is 35.5 Å². The number of Topliss-reactive ketones (excluding diaryl/α,β-unsaturated/α-hetero) is 1. The maximum atomic E-state index is 13.2. The summed E-state index contributed by atoms with van der Waals surface area (Å²) >= 11 is 1.58. The summed E-state index contributed by atoms with van der Waals surface area (Å²) in [5.41, 5.74) is 0.685. The molecular formula is C28H41NO5S. The molecule has 6 nitrogen and oxygen atoms in total. The lowest BCUT2D eigenvalue weighted by Gasteiger charge is -2.34. The van der Waals surface area contributed by atoms with Crippen LogP contribution in [0.4, 0.5) is 0 Å². The number of esters is 1. The quantitative estimate of drug-likeness (QED) is 0.429. The molecule has 2 heterocycles. The number of aliphatic hydroxyl groups excluding tert-OH is 2. The Morgan fingerprint density at radius 3 is 2.54 bits per heavy atom. The molecule has 1 saturated carbocycles. The van der Waals surface area contributed by atoms with Gasteiger partial charge in [-0.05, 0) is 56.1 Å². The van der Waals surface area contributed by atoms with Crippen molar-refractivity contribution in [1.82, 2.24) is 4.98 Å². The second-order valence-corrected chi connectivity index (χ2v) is 12.6. The van der Waals surface area contributed by atoms with Gasteiger partial charge in [-0.15, -0.1) is 11.3 Å². The average Bonchev–Trinajstić information content (AvgIpc) is 3.22. The molecular weight excluding hydrogens is 462 g/mol. The highest BCUT2D eigenvalue weighted by atomic mass is 32.1. The van der Waals surface area contributed by atoms with E-state index < -0.39 is 35.6 Å². The van der Waals surface area contributed by atoms with Gasteiger partial charge in [0.05, 0.1) is 34.7 Å². The first kappa shape index (κ1) is 27.8. The molecule has 0 bridgehead atoms. The molecule has 35 heavy (non-hydrogen) atoms. The number of aliphatic hydroxyl groups is 2. The van der Waals surface area contributed by atoms with Crippen molar-refractivity contribution in [3.63, 3.8) is 0 Å². The summed E-state index contributed by atoms with van der Waals surface area (Å²) in [6, 6.07) is 0. The van der Waals surface area contributed by atoms with Crippen LogP contribution < -0.4 is 0 Å². The van der Waals surface area contributed by atoms with E-state index in [4.69, 9.17) is 4.74 Å². The number of aryl methyl sites for hydroxylation is 1. The van der Waals surface area contributed by atoms with Crippen molar-refractivity contribution in [2.75, 3.05) is 0 Å². The van der Waals surface area contributed by atoms with Crippen molar-refractivity contribution < 1.29 is 24.5 Å². The van der Waals surface area contributed by atoms with E-state index in [0.29, 0.717) is 12.3 Å². The van der Waals surface area contributed by atoms with Gasteiger partial charge in [-0.1, -0.05) is 46.8 Å². The topological polar surface area (TPSA) is 96.7 Å². The number of aromatic nitrogens is 1. The molecule has 2 aliphatic rings. The lowest BCUT2D eigenvalue weighted by atomic mass is 9.73. The number of allylic oxidation sites excluding steroid dienone is 1. The molecule has 0 amide bonds. The number of ether oxygens (including phenoxy) is 1. The highest BCUT2D eigenvalue weighted by molar-refractivity contribution is 7.09. The van der Waals surface area contributed by atoms with E-state index in [0.717, 1.165) is 29.1 Å². The standard InChI is InChI=1S/C28H41NO5S/c1-16-9-8-10-28(7)14-20(28)12-22(17(2)11-21-15-35-19(4)29-21)34-24(31)13-23(30)27(5,6)26(33)18(3)25(16)32/h8-9,11,15-16,18,20,22-23,25,30,32H,10,12-14H2,1-7H3/b9-8+,17-11+/t16-,18+,20+,22-,23-,25-,28-/m0/s1. The molecule has 0 aromatic carbocycles. The summed E-state index contributed by atoms with van der Waals surface area (Å²) < 4.78 is 5.93. The largest absolute Gasteiger partial charge is 0.458 e. The summed E-state index contributed by atoms with van der Waals surface area (Å²) in [6.07, 6.45) is 5.91. The Morgan fingerprint density at radius 1 is 1.23 bits per heavy atom. The Balaban J connectivity index is 1.89.